The van der Waals surface area contributed by atoms with Crippen molar-refractivity contribution < 1.29 is 19.1 Å². The number of benzene rings is 2. The van der Waals surface area contributed by atoms with E-state index >= 15 is 0 Å². The van der Waals surface area contributed by atoms with Crippen LogP contribution >= 0.6 is 11.8 Å². The van der Waals surface area contributed by atoms with Crippen LogP contribution in [0.1, 0.15) is 16.7 Å². The lowest BCUT2D eigenvalue weighted by molar-refractivity contribution is -0.139. The highest BCUT2D eigenvalue weighted by molar-refractivity contribution is 8.18. The number of aromatic nitrogens is 1. The number of nitriles is 1. The molecular weight excluding hydrogens is 464 g/mol. The monoisotopic (exact) mass is 486 g/mol. The smallest absolute Gasteiger partial charge is 0.294 e. The van der Waals surface area contributed by atoms with E-state index in [4.69, 9.17) is 10.00 Å². The highest BCUT2D eigenvalue weighted by Crippen LogP contribution is 2.34. The molecule has 0 N–H and O–H groups in total. The lowest BCUT2D eigenvalue weighted by Gasteiger charge is -2.28. The molecule has 2 aromatic carbocycles. The van der Waals surface area contributed by atoms with Crippen LogP contribution in [0, 0.1) is 11.3 Å². The summed E-state index contributed by atoms with van der Waals surface area (Å²) in [6, 6.07) is 17.4. The molecule has 0 spiro atoms. The van der Waals surface area contributed by atoms with Gasteiger partial charge < -0.3 is 14.2 Å². The second kappa shape index (κ2) is 9.78. The number of hydrogen-bond donors (Lipinski definition) is 0. The topological polar surface area (TPSA) is 95.6 Å². The SMILES string of the molecule is N#Cc1ccc(Cn2cc(/C=C3\SC(=O)N(CC(=O)N4CCOCC4)C3=O)c3ccccc32)cc1. The fourth-order valence-corrected chi connectivity index (χ4v) is 5.06. The first-order chi connectivity index (χ1) is 17.0. The van der Waals surface area contributed by atoms with Crippen molar-refractivity contribution in [3.63, 3.8) is 0 Å². The van der Waals surface area contributed by atoms with Gasteiger partial charge >= 0.3 is 0 Å². The van der Waals surface area contributed by atoms with Crippen LogP contribution in [0.15, 0.2) is 59.6 Å². The van der Waals surface area contributed by atoms with Gasteiger partial charge in [-0.25, -0.2) is 0 Å². The Kier molecular flexibility index (Phi) is 6.40. The number of morpholine rings is 1. The van der Waals surface area contributed by atoms with E-state index in [9.17, 15) is 14.4 Å². The van der Waals surface area contributed by atoms with Gasteiger partial charge in [-0.1, -0.05) is 30.3 Å². The van der Waals surface area contributed by atoms with E-state index in [-0.39, 0.29) is 12.5 Å². The Bertz CT molecular complexity index is 1380. The van der Waals surface area contributed by atoms with Gasteiger partial charge in [0.1, 0.15) is 6.54 Å². The molecule has 176 valence electrons. The van der Waals surface area contributed by atoms with Crippen LogP contribution in [0.25, 0.3) is 17.0 Å². The van der Waals surface area contributed by atoms with E-state index < -0.39 is 11.1 Å². The molecule has 2 aliphatic rings. The molecule has 2 aliphatic heterocycles. The molecule has 0 aliphatic carbocycles. The molecule has 1 aromatic heterocycles. The molecule has 0 atom stereocenters. The quantitative estimate of drug-likeness (QED) is 0.513. The number of amides is 3. The van der Waals surface area contributed by atoms with E-state index in [1.54, 1.807) is 23.1 Å². The fraction of sp³-hybridized carbons (Fsp3) is 0.231. The fourth-order valence-electron chi connectivity index (χ4n) is 4.23. The van der Waals surface area contributed by atoms with Gasteiger partial charge in [0.05, 0.1) is 29.8 Å². The lowest BCUT2D eigenvalue weighted by Crippen LogP contribution is -2.46. The van der Waals surface area contributed by atoms with E-state index in [1.807, 2.05) is 42.6 Å². The minimum absolute atomic E-state index is 0.254. The zero-order valence-electron chi connectivity index (χ0n) is 18.8. The maximum absolute atomic E-state index is 13.0. The van der Waals surface area contributed by atoms with Crippen LogP contribution < -0.4 is 0 Å². The van der Waals surface area contributed by atoms with Gasteiger partial charge in [0, 0.05) is 42.3 Å². The van der Waals surface area contributed by atoms with Gasteiger partial charge in [-0.05, 0) is 41.6 Å². The van der Waals surface area contributed by atoms with Gasteiger partial charge in [-0.15, -0.1) is 0 Å². The number of ether oxygens (including phenoxy) is 1. The number of fused-ring (bicyclic) bond motifs is 1. The Labute approximate surface area is 206 Å². The number of imide groups is 1. The molecule has 0 radical (unpaired) electrons. The molecule has 2 fully saturated rings. The molecule has 35 heavy (non-hydrogen) atoms. The first-order valence-electron chi connectivity index (χ1n) is 11.2. The Morgan fingerprint density at radius 1 is 1.09 bits per heavy atom. The number of nitrogens with zero attached hydrogens (tertiary/aromatic N) is 4. The Morgan fingerprint density at radius 2 is 1.83 bits per heavy atom. The molecule has 3 amide bonds. The van der Waals surface area contributed by atoms with Gasteiger partial charge in [0.2, 0.25) is 5.91 Å². The normalized spacial score (nSPS) is 17.4. The van der Waals surface area contributed by atoms with Crippen molar-refractivity contribution in [3.8, 4) is 6.07 Å². The Balaban J connectivity index is 1.39. The maximum atomic E-state index is 13.0. The molecule has 2 saturated heterocycles. The average Bonchev–Trinajstić information content (AvgIpc) is 3.36. The van der Waals surface area contributed by atoms with Crippen LogP contribution in [-0.2, 0) is 20.9 Å². The third kappa shape index (κ3) is 4.71. The van der Waals surface area contributed by atoms with Crippen LogP contribution in [0.4, 0.5) is 4.79 Å². The molecule has 5 rings (SSSR count). The average molecular weight is 487 g/mol. The molecule has 0 saturated carbocycles. The second-order valence-corrected chi connectivity index (χ2v) is 9.29. The third-order valence-corrected chi connectivity index (χ3v) is 6.98. The number of thioether (sulfide) groups is 1. The number of hydrogen-bond acceptors (Lipinski definition) is 6. The minimum Gasteiger partial charge on any atom is -0.378 e. The zero-order chi connectivity index (χ0) is 24.4. The van der Waals surface area contributed by atoms with Crippen molar-refractivity contribution in [1.29, 1.82) is 5.26 Å². The summed E-state index contributed by atoms with van der Waals surface area (Å²) < 4.78 is 7.34. The summed E-state index contributed by atoms with van der Waals surface area (Å²) in [5, 5.41) is 9.54. The lowest BCUT2D eigenvalue weighted by atomic mass is 10.1. The molecule has 9 heteroatoms. The summed E-state index contributed by atoms with van der Waals surface area (Å²) in [7, 11) is 0. The summed E-state index contributed by atoms with van der Waals surface area (Å²) in [6.07, 6.45) is 3.68. The highest BCUT2D eigenvalue weighted by atomic mass is 32.2. The van der Waals surface area contributed by atoms with Crippen molar-refractivity contribution in [2.75, 3.05) is 32.8 Å². The molecule has 0 bridgehead atoms. The zero-order valence-corrected chi connectivity index (χ0v) is 19.7. The number of carbonyl (C=O) groups excluding carboxylic acids is 3. The first kappa shape index (κ1) is 22.9. The van der Waals surface area contributed by atoms with Crippen molar-refractivity contribution in [1.82, 2.24) is 14.4 Å². The maximum Gasteiger partial charge on any atom is 0.294 e. The van der Waals surface area contributed by atoms with Gasteiger partial charge in [-0.3, -0.25) is 19.3 Å². The van der Waals surface area contributed by atoms with Crippen LogP contribution in [0.5, 0.6) is 0 Å². The predicted octanol–water partition coefficient (Wildman–Crippen LogP) is 3.46. The van der Waals surface area contributed by atoms with Crippen LogP contribution in [0.2, 0.25) is 0 Å². The molecule has 8 nitrogen and oxygen atoms in total. The predicted molar refractivity (Wildman–Crippen MR) is 132 cm³/mol. The number of para-hydroxylation sites is 1. The molecule has 0 unspecified atom stereocenters. The number of rotatable bonds is 5. The third-order valence-electron chi connectivity index (χ3n) is 6.07. The second-order valence-electron chi connectivity index (χ2n) is 8.30. The largest absolute Gasteiger partial charge is 0.378 e. The standard InChI is InChI=1S/C26H22N4O4S/c27-14-18-5-7-19(8-6-18)15-29-16-20(21-3-1-2-4-22(21)29)13-23-25(32)30(26(33)35-23)17-24(31)28-9-11-34-12-10-28/h1-8,13,16H,9-12,15,17H2/b23-13-. The first-order valence-corrected chi connectivity index (χ1v) is 12.0. The molecule has 3 heterocycles. The van der Waals surface area contributed by atoms with Gasteiger partial charge in [-0.2, -0.15) is 5.26 Å². The van der Waals surface area contributed by atoms with Crippen molar-refractivity contribution in [2.24, 2.45) is 0 Å². The Hall–Kier alpha value is -3.87. The summed E-state index contributed by atoms with van der Waals surface area (Å²) in [5.74, 6) is -0.707. The molecule has 3 aromatic rings. The van der Waals surface area contributed by atoms with Gasteiger partial charge in [0.15, 0.2) is 0 Å². The van der Waals surface area contributed by atoms with Crippen LogP contribution in [-0.4, -0.2) is 64.3 Å². The summed E-state index contributed by atoms with van der Waals surface area (Å²) in [4.78, 5) is 41.1. The summed E-state index contributed by atoms with van der Waals surface area (Å²) in [5.41, 5.74) is 3.46. The Morgan fingerprint density at radius 3 is 2.57 bits per heavy atom. The van der Waals surface area contributed by atoms with Crippen LogP contribution in [0.3, 0.4) is 0 Å². The van der Waals surface area contributed by atoms with E-state index in [1.165, 1.54) is 0 Å². The molecular formula is C26H22N4O4S. The summed E-state index contributed by atoms with van der Waals surface area (Å²) >= 11 is 0.854. The summed E-state index contributed by atoms with van der Waals surface area (Å²) in [6.45, 7) is 2.17. The van der Waals surface area contributed by atoms with E-state index in [0.29, 0.717) is 43.3 Å². The van der Waals surface area contributed by atoms with Gasteiger partial charge in [0.25, 0.3) is 11.1 Å². The van der Waals surface area contributed by atoms with E-state index in [2.05, 4.69) is 10.6 Å². The van der Waals surface area contributed by atoms with Crippen molar-refractivity contribution >= 4 is 45.8 Å². The van der Waals surface area contributed by atoms with Crippen molar-refractivity contribution in [2.45, 2.75) is 6.54 Å². The van der Waals surface area contributed by atoms with E-state index in [0.717, 1.165) is 38.7 Å². The van der Waals surface area contributed by atoms with Crippen molar-refractivity contribution in [3.05, 3.63) is 76.3 Å². The highest BCUT2D eigenvalue weighted by Gasteiger charge is 2.37. The minimum atomic E-state index is -0.453. The number of carbonyl (C=O) groups is 3.